The minimum Gasteiger partial charge on any atom is -0.494 e. The molecule has 234 valence electrons. The number of carbonyl (C=O) groups is 1. The average molecular weight is 611 g/mol. The monoisotopic (exact) mass is 610 g/mol. The third-order valence-electron chi connectivity index (χ3n) is 7.13. The topological polar surface area (TPSA) is 118 Å². The second-order valence-corrected chi connectivity index (χ2v) is 17.9. The van der Waals surface area contributed by atoms with Gasteiger partial charge in [-0.25, -0.2) is 0 Å². The van der Waals surface area contributed by atoms with Crippen LogP contribution in [0.15, 0.2) is 37.1 Å². The van der Waals surface area contributed by atoms with Gasteiger partial charge in [0.1, 0.15) is 18.6 Å². The smallest absolute Gasteiger partial charge is 0.247 e. The number of likely N-dealkylation sites (N-methyl/N-ethyl adjacent to an activating group) is 2. The standard InChI is InChI=1S/C30H46N8O4Si/c1-9-27(39)32-23-16-24(26(40-5)17-25(23)37(4)13-12-36(2)3)33-30-34-28-22(29(35-30)42-21-18-31-19-21)10-11-38(28)20-41-14-15-43(6,7)8/h9-11,16-17,21,31H,1,12-15,18-20H2,2-8H3,(H,32,39)(H,33,34,35). The molecule has 2 aromatic heterocycles. The van der Waals surface area contributed by atoms with Gasteiger partial charge in [0.05, 0.1) is 29.6 Å². The zero-order valence-corrected chi connectivity index (χ0v) is 27.5. The number of aromatic nitrogens is 3. The molecular weight excluding hydrogens is 564 g/mol. The van der Waals surface area contributed by atoms with Gasteiger partial charge in [0.25, 0.3) is 0 Å². The molecule has 0 aliphatic carbocycles. The second-order valence-electron chi connectivity index (χ2n) is 12.2. The Balaban J connectivity index is 1.69. The van der Waals surface area contributed by atoms with Crippen molar-refractivity contribution < 1.29 is 19.0 Å². The van der Waals surface area contributed by atoms with E-state index in [0.717, 1.165) is 43.3 Å². The van der Waals surface area contributed by atoms with Crippen LogP contribution in [0.2, 0.25) is 25.7 Å². The molecule has 3 heterocycles. The summed E-state index contributed by atoms with van der Waals surface area (Å²) in [6, 6.07) is 6.76. The fourth-order valence-corrected chi connectivity index (χ4v) is 5.11. The van der Waals surface area contributed by atoms with E-state index >= 15 is 0 Å². The lowest BCUT2D eigenvalue weighted by Crippen LogP contribution is -2.50. The van der Waals surface area contributed by atoms with Crippen molar-refractivity contribution in [2.75, 3.05) is 76.6 Å². The minimum absolute atomic E-state index is 0.0366. The predicted octanol–water partition coefficient (Wildman–Crippen LogP) is 3.97. The van der Waals surface area contributed by atoms with Crippen LogP contribution in [0.3, 0.4) is 0 Å². The van der Waals surface area contributed by atoms with Gasteiger partial charge in [-0.1, -0.05) is 26.2 Å². The molecule has 1 aliphatic rings. The number of amides is 1. The summed E-state index contributed by atoms with van der Waals surface area (Å²) in [4.78, 5) is 26.2. The van der Waals surface area contributed by atoms with Gasteiger partial charge in [0.2, 0.25) is 17.7 Å². The number of methoxy groups -OCH3 is 1. The lowest BCUT2D eigenvalue weighted by Gasteiger charge is -2.27. The van der Waals surface area contributed by atoms with Crippen LogP contribution in [-0.2, 0) is 16.3 Å². The zero-order valence-electron chi connectivity index (χ0n) is 26.5. The zero-order chi connectivity index (χ0) is 31.1. The maximum Gasteiger partial charge on any atom is 0.247 e. The first-order chi connectivity index (χ1) is 20.5. The normalized spacial score (nSPS) is 13.6. The molecule has 1 saturated heterocycles. The molecule has 13 heteroatoms. The van der Waals surface area contributed by atoms with E-state index in [9.17, 15) is 4.79 Å². The van der Waals surface area contributed by atoms with Crippen LogP contribution >= 0.6 is 0 Å². The van der Waals surface area contributed by atoms with Gasteiger partial charge >= 0.3 is 0 Å². The number of hydrogen-bond acceptors (Lipinski definition) is 10. The Hall–Kier alpha value is -3.65. The molecule has 3 aromatic rings. The third kappa shape index (κ3) is 8.69. The number of nitrogens with one attached hydrogen (secondary N) is 3. The van der Waals surface area contributed by atoms with Crippen molar-refractivity contribution in [3.8, 4) is 11.6 Å². The number of carbonyl (C=O) groups excluding carboxylic acids is 1. The van der Waals surface area contributed by atoms with Crippen molar-refractivity contribution >= 4 is 48.0 Å². The van der Waals surface area contributed by atoms with E-state index in [2.05, 4.69) is 52.0 Å². The molecule has 1 aliphatic heterocycles. The average Bonchev–Trinajstić information content (AvgIpc) is 3.34. The first kappa shape index (κ1) is 32.3. The van der Waals surface area contributed by atoms with E-state index in [1.807, 2.05) is 50.1 Å². The van der Waals surface area contributed by atoms with Crippen LogP contribution in [0, 0.1) is 0 Å². The molecule has 0 spiro atoms. The van der Waals surface area contributed by atoms with Crippen molar-refractivity contribution in [1.29, 1.82) is 0 Å². The summed E-state index contributed by atoms with van der Waals surface area (Å²) in [5.74, 6) is 1.10. The largest absolute Gasteiger partial charge is 0.494 e. The van der Waals surface area contributed by atoms with E-state index in [0.29, 0.717) is 47.9 Å². The molecule has 12 nitrogen and oxygen atoms in total. The van der Waals surface area contributed by atoms with Crippen molar-refractivity contribution in [2.45, 2.75) is 38.5 Å². The molecule has 0 saturated carbocycles. The highest BCUT2D eigenvalue weighted by molar-refractivity contribution is 6.76. The number of hydrogen-bond donors (Lipinski definition) is 3. The fraction of sp³-hybridized carbons (Fsp3) is 0.500. The maximum absolute atomic E-state index is 12.4. The lowest BCUT2D eigenvalue weighted by atomic mass is 10.2. The van der Waals surface area contributed by atoms with Crippen LogP contribution < -0.4 is 30.3 Å². The summed E-state index contributed by atoms with van der Waals surface area (Å²) in [6.45, 7) is 14.8. The van der Waals surface area contributed by atoms with Crippen molar-refractivity contribution in [3.05, 3.63) is 37.1 Å². The Morgan fingerprint density at radius 2 is 1.95 bits per heavy atom. The van der Waals surface area contributed by atoms with E-state index in [-0.39, 0.29) is 12.0 Å². The van der Waals surface area contributed by atoms with Crippen LogP contribution in [0.1, 0.15) is 0 Å². The van der Waals surface area contributed by atoms with Gasteiger partial charge in [-0.05, 0) is 38.3 Å². The number of fused-ring (bicyclic) bond motifs is 1. The summed E-state index contributed by atoms with van der Waals surface area (Å²) in [5, 5.41) is 10.3. The molecule has 0 unspecified atom stereocenters. The van der Waals surface area contributed by atoms with Crippen LogP contribution in [-0.4, -0.2) is 101 Å². The maximum atomic E-state index is 12.4. The van der Waals surface area contributed by atoms with Gasteiger partial charge in [0.15, 0.2) is 5.65 Å². The third-order valence-corrected chi connectivity index (χ3v) is 8.84. The molecule has 1 fully saturated rings. The van der Waals surface area contributed by atoms with Gasteiger partial charge in [-0.2, -0.15) is 9.97 Å². The van der Waals surface area contributed by atoms with Gasteiger partial charge < -0.3 is 44.5 Å². The number of benzene rings is 1. The molecule has 4 rings (SSSR count). The summed E-state index contributed by atoms with van der Waals surface area (Å²) < 4.78 is 20.0. The second kappa shape index (κ2) is 14.2. The molecule has 43 heavy (non-hydrogen) atoms. The molecule has 0 radical (unpaired) electrons. The minimum atomic E-state index is -1.20. The van der Waals surface area contributed by atoms with E-state index < -0.39 is 8.07 Å². The quantitative estimate of drug-likeness (QED) is 0.125. The molecular formula is C30H46N8O4Si. The summed E-state index contributed by atoms with van der Waals surface area (Å²) in [7, 11) is 6.43. The van der Waals surface area contributed by atoms with Crippen LogP contribution in [0.5, 0.6) is 11.6 Å². The Labute approximate surface area is 255 Å². The Bertz CT molecular complexity index is 1420. The first-order valence-electron chi connectivity index (χ1n) is 14.6. The fourth-order valence-electron chi connectivity index (χ4n) is 4.36. The highest BCUT2D eigenvalue weighted by atomic mass is 28.3. The Kier molecular flexibility index (Phi) is 10.7. The molecule has 0 atom stereocenters. The van der Waals surface area contributed by atoms with Gasteiger partial charge in [0, 0.05) is 60.2 Å². The molecule has 1 aromatic carbocycles. The van der Waals surface area contributed by atoms with Gasteiger partial charge in [-0.15, -0.1) is 0 Å². The molecule has 3 N–H and O–H groups in total. The number of anilines is 4. The summed E-state index contributed by atoms with van der Waals surface area (Å²) in [6.07, 6.45) is 3.23. The summed E-state index contributed by atoms with van der Waals surface area (Å²) >= 11 is 0. The Morgan fingerprint density at radius 1 is 1.19 bits per heavy atom. The Morgan fingerprint density at radius 3 is 2.58 bits per heavy atom. The number of rotatable bonds is 16. The van der Waals surface area contributed by atoms with E-state index in [1.165, 1.54) is 6.08 Å². The van der Waals surface area contributed by atoms with Crippen LogP contribution in [0.25, 0.3) is 11.0 Å². The first-order valence-corrected chi connectivity index (χ1v) is 18.3. The SMILES string of the molecule is C=CC(=O)Nc1cc(Nc2nc(OC3CNC3)c3ccn(COCC[Si](C)(C)C)c3n2)c(OC)cc1N(C)CCN(C)C. The van der Waals surface area contributed by atoms with E-state index in [4.69, 9.17) is 24.2 Å². The number of nitrogens with zero attached hydrogens (tertiary/aromatic N) is 5. The molecule has 0 bridgehead atoms. The highest BCUT2D eigenvalue weighted by Gasteiger charge is 2.23. The van der Waals surface area contributed by atoms with Crippen molar-refractivity contribution in [3.63, 3.8) is 0 Å². The lowest BCUT2D eigenvalue weighted by molar-refractivity contribution is -0.111. The molecule has 1 amide bonds. The predicted molar refractivity (Wildman–Crippen MR) is 176 cm³/mol. The van der Waals surface area contributed by atoms with Crippen molar-refractivity contribution in [1.82, 2.24) is 24.8 Å². The van der Waals surface area contributed by atoms with Crippen LogP contribution in [0.4, 0.5) is 23.0 Å². The van der Waals surface area contributed by atoms with E-state index in [1.54, 1.807) is 7.11 Å². The highest BCUT2D eigenvalue weighted by Crippen LogP contribution is 2.38. The van der Waals surface area contributed by atoms with Gasteiger partial charge in [-0.3, -0.25) is 4.79 Å². The number of ether oxygens (including phenoxy) is 3. The summed E-state index contributed by atoms with van der Waals surface area (Å²) in [5.41, 5.74) is 2.70. The van der Waals surface area contributed by atoms with Crippen molar-refractivity contribution in [2.24, 2.45) is 0 Å².